The summed E-state index contributed by atoms with van der Waals surface area (Å²) in [5.41, 5.74) is 1.42. The largest absolute Gasteiger partial charge is 0.493 e. The lowest BCUT2D eigenvalue weighted by Gasteiger charge is -2.32. The Balaban J connectivity index is 1.85. The smallest absolute Gasteiger partial charge is 0.492 e. The third-order valence-corrected chi connectivity index (χ3v) is 3.70. The second-order valence-corrected chi connectivity index (χ2v) is 5.41. The van der Waals surface area contributed by atoms with Crippen LogP contribution in [0.5, 0.6) is 5.75 Å². The summed E-state index contributed by atoms with van der Waals surface area (Å²) in [6.45, 7) is 7.64. The molecular formula is C14H23BN2O3. The lowest BCUT2D eigenvalue weighted by Crippen LogP contribution is -2.45. The van der Waals surface area contributed by atoms with Gasteiger partial charge in [-0.15, -0.1) is 0 Å². The predicted octanol–water partition coefficient (Wildman–Crippen LogP) is -0.699. The van der Waals surface area contributed by atoms with Gasteiger partial charge in [-0.1, -0.05) is 17.7 Å². The summed E-state index contributed by atoms with van der Waals surface area (Å²) in [6, 6.07) is 5.46. The van der Waals surface area contributed by atoms with Gasteiger partial charge >= 0.3 is 7.12 Å². The first-order valence-electron chi connectivity index (χ1n) is 7.06. The Morgan fingerprint density at radius 1 is 1.20 bits per heavy atom. The van der Waals surface area contributed by atoms with Gasteiger partial charge in [0, 0.05) is 38.2 Å². The van der Waals surface area contributed by atoms with Crippen molar-refractivity contribution in [2.75, 3.05) is 46.4 Å². The van der Waals surface area contributed by atoms with Crippen LogP contribution in [0.25, 0.3) is 0 Å². The van der Waals surface area contributed by atoms with Gasteiger partial charge < -0.3 is 19.7 Å². The highest BCUT2D eigenvalue weighted by atomic mass is 16.5. The number of likely N-dealkylation sites (N-methyl/N-ethyl adjacent to an activating group) is 1. The quantitative estimate of drug-likeness (QED) is 0.698. The Morgan fingerprint density at radius 3 is 2.55 bits per heavy atom. The first kappa shape index (κ1) is 15.3. The maximum absolute atomic E-state index is 9.37. The molecule has 2 rings (SSSR count). The van der Waals surface area contributed by atoms with E-state index in [-0.39, 0.29) is 0 Å². The average Bonchev–Trinajstić information content (AvgIpc) is 2.42. The van der Waals surface area contributed by atoms with Gasteiger partial charge in [0.15, 0.2) is 0 Å². The minimum absolute atomic E-state index is 0.434. The maximum Gasteiger partial charge on any atom is 0.492 e. The summed E-state index contributed by atoms with van der Waals surface area (Å²) in [7, 11) is 0.642. The molecule has 1 saturated heterocycles. The van der Waals surface area contributed by atoms with E-state index in [0.29, 0.717) is 17.8 Å². The lowest BCUT2D eigenvalue weighted by molar-refractivity contribution is 0.134. The van der Waals surface area contributed by atoms with E-state index in [1.807, 2.05) is 13.0 Å². The number of aryl methyl sites for hydroxylation is 1. The van der Waals surface area contributed by atoms with Crippen molar-refractivity contribution in [2.24, 2.45) is 0 Å². The zero-order chi connectivity index (χ0) is 14.5. The first-order valence-corrected chi connectivity index (χ1v) is 7.06. The fourth-order valence-corrected chi connectivity index (χ4v) is 2.36. The summed E-state index contributed by atoms with van der Waals surface area (Å²) in [4.78, 5) is 4.68. The van der Waals surface area contributed by atoms with Gasteiger partial charge in [-0.2, -0.15) is 0 Å². The van der Waals surface area contributed by atoms with Gasteiger partial charge in [0.05, 0.1) is 0 Å². The Morgan fingerprint density at radius 2 is 1.90 bits per heavy atom. The van der Waals surface area contributed by atoms with Crippen molar-refractivity contribution in [1.82, 2.24) is 9.80 Å². The van der Waals surface area contributed by atoms with Crippen LogP contribution in [0.4, 0.5) is 0 Å². The highest BCUT2D eigenvalue weighted by Gasteiger charge is 2.18. The summed E-state index contributed by atoms with van der Waals surface area (Å²) in [5, 5.41) is 18.7. The van der Waals surface area contributed by atoms with Crippen LogP contribution in [0.2, 0.25) is 0 Å². The second kappa shape index (κ2) is 7.08. The molecule has 0 saturated carbocycles. The Bertz CT molecular complexity index is 434. The lowest BCUT2D eigenvalue weighted by atomic mass is 9.79. The van der Waals surface area contributed by atoms with Gasteiger partial charge in [0.2, 0.25) is 0 Å². The molecule has 2 N–H and O–H groups in total. The van der Waals surface area contributed by atoms with Crippen molar-refractivity contribution in [3.05, 3.63) is 23.8 Å². The molecule has 0 unspecified atom stereocenters. The molecule has 1 fully saturated rings. The minimum Gasteiger partial charge on any atom is -0.493 e. The zero-order valence-electron chi connectivity index (χ0n) is 12.2. The molecular weight excluding hydrogens is 255 g/mol. The summed E-state index contributed by atoms with van der Waals surface area (Å²) < 4.78 is 5.71. The Labute approximate surface area is 120 Å². The molecule has 6 heteroatoms. The number of ether oxygens (including phenoxy) is 1. The van der Waals surface area contributed by atoms with Crippen LogP contribution in [0, 0.1) is 6.92 Å². The Hall–Kier alpha value is -1.08. The molecule has 0 amide bonds. The van der Waals surface area contributed by atoms with Crippen LogP contribution < -0.4 is 10.2 Å². The third kappa shape index (κ3) is 4.21. The highest BCUT2D eigenvalue weighted by molar-refractivity contribution is 6.59. The van der Waals surface area contributed by atoms with E-state index >= 15 is 0 Å². The monoisotopic (exact) mass is 278 g/mol. The molecule has 0 spiro atoms. The molecule has 1 aliphatic heterocycles. The molecule has 1 aromatic rings. The number of hydrogen-bond donors (Lipinski definition) is 2. The summed E-state index contributed by atoms with van der Waals surface area (Å²) in [6.07, 6.45) is 0. The van der Waals surface area contributed by atoms with E-state index in [4.69, 9.17) is 4.74 Å². The number of rotatable bonds is 5. The van der Waals surface area contributed by atoms with Crippen molar-refractivity contribution < 1.29 is 14.8 Å². The van der Waals surface area contributed by atoms with Crippen LogP contribution >= 0.6 is 0 Å². The third-order valence-electron chi connectivity index (χ3n) is 3.70. The molecule has 1 aromatic carbocycles. The van der Waals surface area contributed by atoms with Crippen molar-refractivity contribution in [3.8, 4) is 5.75 Å². The number of piperazine rings is 1. The van der Waals surface area contributed by atoms with E-state index < -0.39 is 7.12 Å². The fraction of sp³-hybridized carbons (Fsp3) is 0.571. The fourth-order valence-electron chi connectivity index (χ4n) is 2.36. The van der Waals surface area contributed by atoms with E-state index in [0.717, 1.165) is 38.3 Å². The normalized spacial score (nSPS) is 17.2. The molecule has 1 heterocycles. The van der Waals surface area contributed by atoms with Gasteiger partial charge in [-0.25, -0.2) is 0 Å². The van der Waals surface area contributed by atoms with Crippen molar-refractivity contribution >= 4 is 12.6 Å². The zero-order valence-corrected chi connectivity index (χ0v) is 12.2. The molecule has 5 nitrogen and oxygen atoms in total. The molecule has 0 aromatic heterocycles. The SMILES string of the molecule is Cc1ccc(OCCN2CCN(C)CC2)c(B(O)O)c1. The average molecular weight is 278 g/mol. The molecule has 0 bridgehead atoms. The summed E-state index contributed by atoms with van der Waals surface area (Å²) in [5.74, 6) is 0.555. The van der Waals surface area contributed by atoms with E-state index in [9.17, 15) is 10.0 Å². The van der Waals surface area contributed by atoms with Crippen LogP contribution in [-0.4, -0.2) is 73.3 Å². The van der Waals surface area contributed by atoms with E-state index in [1.165, 1.54) is 0 Å². The molecule has 110 valence electrons. The van der Waals surface area contributed by atoms with Gasteiger partial charge in [0.1, 0.15) is 12.4 Å². The molecule has 0 aliphatic carbocycles. The van der Waals surface area contributed by atoms with Crippen molar-refractivity contribution in [1.29, 1.82) is 0 Å². The molecule has 0 atom stereocenters. The van der Waals surface area contributed by atoms with Gasteiger partial charge in [-0.05, 0) is 20.0 Å². The number of benzene rings is 1. The summed E-state index contributed by atoms with van der Waals surface area (Å²) >= 11 is 0. The van der Waals surface area contributed by atoms with Crippen molar-refractivity contribution in [3.63, 3.8) is 0 Å². The number of nitrogens with zero attached hydrogens (tertiary/aromatic N) is 2. The maximum atomic E-state index is 9.37. The first-order chi connectivity index (χ1) is 9.56. The highest BCUT2D eigenvalue weighted by Crippen LogP contribution is 2.10. The van der Waals surface area contributed by atoms with Crippen LogP contribution in [0.3, 0.4) is 0 Å². The molecule has 20 heavy (non-hydrogen) atoms. The van der Waals surface area contributed by atoms with Crippen LogP contribution in [0.1, 0.15) is 5.56 Å². The number of hydrogen-bond acceptors (Lipinski definition) is 5. The van der Waals surface area contributed by atoms with Gasteiger partial charge in [0.25, 0.3) is 0 Å². The topological polar surface area (TPSA) is 56.2 Å². The standard InChI is InChI=1S/C14H23BN2O3/c1-12-3-4-14(13(11-12)15(18)19)20-10-9-17-7-5-16(2)6-8-17/h3-4,11,18-19H,5-10H2,1-2H3. The van der Waals surface area contributed by atoms with E-state index in [1.54, 1.807) is 12.1 Å². The predicted molar refractivity (Wildman–Crippen MR) is 80.4 cm³/mol. The van der Waals surface area contributed by atoms with E-state index in [2.05, 4.69) is 16.8 Å². The molecule has 1 aliphatic rings. The second-order valence-electron chi connectivity index (χ2n) is 5.41. The molecule has 0 radical (unpaired) electrons. The van der Waals surface area contributed by atoms with Crippen molar-refractivity contribution in [2.45, 2.75) is 6.92 Å². The Kier molecular flexibility index (Phi) is 5.42. The van der Waals surface area contributed by atoms with Crippen LogP contribution in [-0.2, 0) is 0 Å². The minimum atomic E-state index is -1.49. The van der Waals surface area contributed by atoms with Crippen LogP contribution in [0.15, 0.2) is 18.2 Å². The van der Waals surface area contributed by atoms with Gasteiger partial charge in [-0.3, -0.25) is 4.90 Å².